The van der Waals surface area contributed by atoms with E-state index in [2.05, 4.69) is 46.8 Å². The van der Waals surface area contributed by atoms with E-state index in [1.807, 2.05) is 12.3 Å². The topological polar surface area (TPSA) is 60.2 Å². The molecule has 0 radical (unpaired) electrons. The van der Waals surface area contributed by atoms with Crippen molar-refractivity contribution in [3.05, 3.63) is 59.8 Å². The van der Waals surface area contributed by atoms with Crippen LogP contribution in [0.15, 0.2) is 48.7 Å². The highest BCUT2D eigenvalue weighted by Crippen LogP contribution is 2.49. The van der Waals surface area contributed by atoms with Crippen molar-refractivity contribution >= 4 is 0 Å². The van der Waals surface area contributed by atoms with Crippen LogP contribution in [0.25, 0.3) is 0 Å². The molecule has 2 aromatic rings. The van der Waals surface area contributed by atoms with Crippen molar-refractivity contribution in [2.24, 2.45) is 11.8 Å². The molecule has 0 bridgehead atoms. The molecule has 1 fully saturated rings. The highest BCUT2D eigenvalue weighted by atomic mass is 16.5. The lowest BCUT2D eigenvalue weighted by molar-refractivity contribution is 0.397. The summed E-state index contributed by atoms with van der Waals surface area (Å²) in [4.78, 5) is 4.25. The fourth-order valence-electron chi connectivity index (χ4n) is 2.98. The van der Waals surface area contributed by atoms with Crippen molar-refractivity contribution in [2.75, 3.05) is 7.11 Å². The summed E-state index contributed by atoms with van der Waals surface area (Å²) in [7, 11) is 1.63. The van der Waals surface area contributed by atoms with Gasteiger partial charge in [-0.3, -0.25) is 11.3 Å². The van der Waals surface area contributed by atoms with Crippen LogP contribution in [0.2, 0.25) is 0 Å². The number of benzene rings is 1. The summed E-state index contributed by atoms with van der Waals surface area (Å²) in [5.74, 6) is 7.63. The number of aromatic nitrogens is 1. The summed E-state index contributed by atoms with van der Waals surface area (Å²) in [5, 5.41) is 0. The van der Waals surface area contributed by atoms with Gasteiger partial charge in [-0.1, -0.05) is 36.4 Å². The van der Waals surface area contributed by atoms with Crippen molar-refractivity contribution in [1.82, 2.24) is 10.4 Å². The van der Waals surface area contributed by atoms with Crippen LogP contribution in [0.4, 0.5) is 0 Å². The largest absolute Gasteiger partial charge is 0.481 e. The fraction of sp³-hybridized carbons (Fsp3) is 0.353. The molecule has 21 heavy (non-hydrogen) atoms. The van der Waals surface area contributed by atoms with E-state index in [4.69, 9.17) is 10.6 Å². The third-order valence-electron chi connectivity index (χ3n) is 4.26. The Kier molecular flexibility index (Phi) is 4.18. The molecule has 0 amide bonds. The van der Waals surface area contributed by atoms with Crippen molar-refractivity contribution < 1.29 is 4.74 Å². The van der Waals surface area contributed by atoms with Gasteiger partial charge < -0.3 is 4.74 Å². The Morgan fingerprint density at radius 1 is 1.29 bits per heavy atom. The highest BCUT2D eigenvalue weighted by molar-refractivity contribution is 5.27. The zero-order valence-corrected chi connectivity index (χ0v) is 12.2. The average Bonchev–Trinajstić information content (AvgIpc) is 3.34. The molecule has 1 aromatic heterocycles. The number of nitrogens with one attached hydrogen (secondary N) is 1. The molecule has 1 saturated carbocycles. The van der Waals surface area contributed by atoms with Gasteiger partial charge >= 0.3 is 0 Å². The second-order valence-corrected chi connectivity index (χ2v) is 5.60. The molecular weight excluding hydrogens is 262 g/mol. The second-order valence-electron chi connectivity index (χ2n) is 5.60. The van der Waals surface area contributed by atoms with Crippen LogP contribution in [0.5, 0.6) is 5.88 Å². The van der Waals surface area contributed by atoms with Crippen LogP contribution in [0, 0.1) is 5.92 Å². The molecule has 4 heteroatoms. The molecule has 3 atom stereocenters. The Morgan fingerprint density at radius 3 is 2.71 bits per heavy atom. The second kappa shape index (κ2) is 6.24. The standard InChI is InChI=1S/C17H21N3O/c1-21-17-8-7-12(11-19-17)9-16(20-18)15-10-14(15)13-5-3-2-4-6-13/h2-8,11,14-16,20H,9-10,18H2,1H3. The minimum absolute atomic E-state index is 0.283. The first kappa shape index (κ1) is 14.0. The maximum absolute atomic E-state index is 5.76. The highest BCUT2D eigenvalue weighted by Gasteiger charge is 2.43. The molecule has 1 aliphatic rings. The number of hydrogen-bond donors (Lipinski definition) is 2. The van der Waals surface area contributed by atoms with Crippen LogP contribution in [0.1, 0.15) is 23.5 Å². The maximum Gasteiger partial charge on any atom is 0.212 e. The fourth-order valence-corrected chi connectivity index (χ4v) is 2.98. The Hall–Kier alpha value is -1.91. The maximum atomic E-state index is 5.76. The number of ether oxygens (including phenoxy) is 1. The molecule has 3 N–H and O–H groups in total. The van der Waals surface area contributed by atoms with Gasteiger partial charge in [-0.25, -0.2) is 4.98 Å². The van der Waals surface area contributed by atoms with E-state index in [-0.39, 0.29) is 6.04 Å². The minimum atomic E-state index is 0.283. The normalized spacial score (nSPS) is 21.8. The monoisotopic (exact) mass is 283 g/mol. The SMILES string of the molecule is COc1ccc(CC(NN)C2CC2c2ccccc2)cn1. The molecule has 3 unspecified atom stereocenters. The quantitative estimate of drug-likeness (QED) is 0.630. The van der Waals surface area contributed by atoms with E-state index in [1.54, 1.807) is 7.11 Å². The summed E-state index contributed by atoms with van der Waals surface area (Å²) in [5.41, 5.74) is 5.57. The lowest BCUT2D eigenvalue weighted by atomic mass is 10.0. The first-order valence-corrected chi connectivity index (χ1v) is 7.32. The number of nitrogens with zero attached hydrogens (tertiary/aromatic N) is 1. The molecule has 0 aliphatic heterocycles. The minimum Gasteiger partial charge on any atom is -0.481 e. The van der Waals surface area contributed by atoms with Crippen LogP contribution in [-0.2, 0) is 6.42 Å². The predicted molar refractivity (Wildman–Crippen MR) is 82.9 cm³/mol. The van der Waals surface area contributed by atoms with E-state index in [1.165, 1.54) is 17.5 Å². The van der Waals surface area contributed by atoms with Gasteiger partial charge in [0, 0.05) is 18.3 Å². The van der Waals surface area contributed by atoms with Crippen molar-refractivity contribution in [2.45, 2.75) is 24.8 Å². The first-order valence-electron chi connectivity index (χ1n) is 7.32. The molecule has 3 rings (SSSR count). The van der Waals surface area contributed by atoms with Crippen LogP contribution in [0.3, 0.4) is 0 Å². The van der Waals surface area contributed by atoms with Gasteiger partial charge in [-0.15, -0.1) is 0 Å². The molecule has 1 aliphatic carbocycles. The number of hydrogen-bond acceptors (Lipinski definition) is 4. The van der Waals surface area contributed by atoms with Gasteiger partial charge in [0.15, 0.2) is 0 Å². The van der Waals surface area contributed by atoms with Crippen LogP contribution in [-0.4, -0.2) is 18.1 Å². The summed E-state index contributed by atoms with van der Waals surface area (Å²) < 4.78 is 5.08. The first-order chi connectivity index (χ1) is 10.3. The van der Waals surface area contributed by atoms with E-state index in [9.17, 15) is 0 Å². The van der Waals surface area contributed by atoms with Gasteiger partial charge in [-0.05, 0) is 35.8 Å². The van der Waals surface area contributed by atoms with Gasteiger partial charge in [0.25, 0.3) is 0 Å². The van der Waals surface area contributed by atoms with E-state index in [0.29, 0.717) is 17.7 Å². The number of methoxy groups -OCH3 is 1. The molecular formula is C17H21N3O. The van der Waals surface area contributed by atoms with E-state index < -0.39 is 0 Å². The third kappa shape index (κ3) is 3.23. The Labute approximate surface area is 125 Å². The molecule has 1 aromatic carbocycles. The lowest BCUT2D eigenvalue weighted by Gasteiger charge is -2.16. The summed E-state index contributed by atoms with van der Waals surface area (Å²) >= 11 is 0. The van der Waals surface area contributed by atoms with Crippen molar-refractivity contribution in [1.29, 1.82) is 0 Å². The van der Waals surface area contributed by atoms with Crippen molar-refractivity contribution in [3.8, 4) is 5.88 Å². The van der Waals surface area contributed by atoms with Gasteiger partial charge in [0.1, 0.15) is 0 Å². The van der Waals surface area contributed by atoms with Gasteiger partial charge in [-0.2, -0.15) is 0 Å². The predicted octanol–water partition coefficient (Wildman–Crippen LogP) is 2.27. The Balaban J connectivity index is 1.64. The lowest BCUT2D eigenvalue weighted by Crippen LogP contribution is -2.38. The van der Waals surface area contributed by atoms with Gasteiger partial charge in [0.05, 0.1) is 7.11 Å². The molecule has 0 spiro atoms. The number of pyridine rings is 1. The Morgan fingerprint density at radius 2 is 2.10 bits per heavy atom. The number of rotatable bonds is 6. The number of hydrazine groups is 1. The smallest absolute Gasteiger partial charge is 0.212 e. The van der Waals surface area contributed by atoms with Crippen molar-refractivity contribution in [3.63, 3.8) is 0 Å². The third-order valence-corrected chi connectivity index (χ3v) is 4.26. The zero-order chi connectivity index (χ0) is 14.7. The summed E-state index contributed by atoms with van der Waals surface area (Å²) in [6, 6.07) is 14.9. The molecule has 110 valence electrons. The summed E-state index contributed by atoms with van der Waals surface area (Å²) in [6.45, 7) is 0. The van der Waals surface area contributed by atoms with E-state index >= 15 is 0 Å². The van der Waals surface area contributed by atoms with E-state index in [0.717, 1.165) is 6.42 Å². The zero-order valence-electron chi connectivity index (χ0n) is 12.2. The summed E-state index contributed by atoms with van der Waals surface area (Å²) in [6.07, 6.45) is 3.95. The average molecular weight is 283 g/mol. The van der Waals surface area contributed by atoms with Gasteiger partial charge in [0.2, 0.25) is 5.88 Å². The number of nitrogens with two attached hydrogens (primary N) is 1. The van der Waals surface area contributed by atoms with Crippen LogP contribution >= 0.6 is 0 Å². The van der Waals surface area contributed by atoms with Crippen LogP contribution < -0.4 is 16.0 Å². The molecule has 4 nitrogen and oxygen atoms in total. The molecule has 0 saturated heterocycles. The molecule has 1 heterocycles. The Bertz CT molecular complexity index is 570.